The molecule has 122 valence electrons. The molecule has 1 aromatic carbocycles. The lowest BCUT2D eigenvalue weighted by Gasteiger charge is -2.52. The first-order valence-electron chi connectivity index (χ1n) is 8.28. The summed E-state index contributed by atoms with van der Waals surface area (Å²) >= 11 is 0. The Morgan fingerprint density at radius 2 is 2.00 bits per heavy atom. The van der Waals surface area contributed by atoms with E-state index < -0.39 is 11.7 Å². The minimum atomic E-state index is -1.18. The van der Waals surface area contributed by atoms with E-state index in [1.54, 1.807) is 6.92 Å². The summed E-state index contributed by atoms with van der Waals surface area (Å²) in [6.07, 6.45) is 2.05. The highest BCUT2D eigenvalue weighted by molar-refractivity contribution is 5.53. The number of aliphatic hydroxyl groups excluding tert-OH is 1. The van der Waals surface area contributed by atoms with Crippen LogP contribution < -0.4 is 9.47 Å². The SMILES string of the molecule is C[C@]1(O)[C@@H](O)C=C2CC[N+]3(C)Cc4cc5c(cc4[C@H]1[C@@H]23)OCO5. The van der Waals surface area contributed by atoms with Crippen LogP contribution in [0.25, 0.3) is 0 Å². The molecule has 1 aromatic rings. The van der Waals surface area contributed by atoms with Gasteiger partial charge in [0.15, 0.2) is 11.5 Å². The summed E-state index contributed by atoms with van der Waals surface area (Å²) in [7, 11) is 2.26. The Hall–Kier alpha value is -1.56. The van der Waals surface area contributed by atoms with Gasteiger partial charge in [-0.25, -0.2) is 0 Å². The summed E-state index contributed by atoms with van der Waals surface area (Å²) in [5, 5.41) is 21.6. The molecule has 1 saturated heterocycles. The van der Waals surface area contributed by atoms with Gasteiger partial charge < -0.3 is 24.2 Å². The summed E-state index contributed by atoms with van der Waals surface area (Å²) in [5.74, 6) is 1.42. The highest BCUT2D eigenvalue weighted by atomic mass is 16.7. The van der Waals surface area contributed by atoms with E-state index in [1.165, 1.54) is 11.1 Å². The average Bonchev–Trinajstić information content (AvgIpc) is 3.06. The Labute approximate surface area is 135 Å². The summed E-state index contributed by atoms with van der Waals surface area (Å²) < 4.78 is 12.0. The van der Waals surface area contributed by atoms with Crippen LogP contribution in [0.3, 0.4) is 0 Å². The molecule has 5 heteroatoms. The Morgan fingerprint density at radius 1 is 1.26 bits per heavy atom. The van der Waals surface area contributed by atoms with Crippen molar-refractivity contribution in [1.29, 1.82) is 0 Å². The molecular formula is C18H22NO4+. The van der Waals surface area contributed by atoms with Crippen LogP contribution >= 0.6 is 0 Å². The third-order valence-corrected chi connectivity index (χ3v) is 6.38. The highest BCUT2D eigenvalue weighted by Crippen LogP contribution is 2.55. The Kier molecular flexibility index (Phi) is 2.46. The van der Waals surface area contributed by atoms with Gasteiger partial charge in [-0.1, -0.05) is 0 Å². The maximum atomic E-state index is 11.1. The molecule has 0 aromatic heterocycles. The average molecular weight is 316 g/mol. The first-order valence-corrected chi connectivity index (χ1v) is 8.28. The van der Waals surface area contributed by atoms with Gasteiger partial charge in [0, 0.05) is 12.0 Å². The molecule has 0 bridgehead atoms. The van der Waals surface area contributed by atoms with Gasteiger partial charge in [-0.3, -0.25) is 0 Å². The van der Waals surface area contributed by atoms with E-state index in [0.29, 0.717) is 0 Å². The van der Waals surface area contributed by atoms with Gasteiger partial charge in [0.05, 0.1) is 19.5 Å². The Morgan fingerprint density at radius 3 is 2.78 bits per heavy atom. The Bertz CT molecular complexity index is 741. The van der Waals surface area contributed by atoms with Crippen LogP contribution in [-0.2, 0) is 6.54 Å². The van der Waals surface area contributed by atoms with Crippen molar-refractivity contribution in [3.63, 3.8) is 0 Å². The molecular weight excluding hydrogens is 294 g/mol. The van der Waals surface area contributed by atoms with E-state index in [4.69, 9.17) is 9.47 Å². The maximum Gasteiger partial charge on any atom is 0.231 e. The molecule has 0 amide bonds. The second kappa shape index (κ2) is 4.09. The van der Waals surface area contributed by atoms with Crippen molar-refractivity contribution in [1.82, 2.24) is 0 Å². The topological polar surface area (TPSA) is 58.9 Å². The number of aliphatic hydroxyl groups is 2. The van der Waals surface area contributed by atoms with Crippen LogP contribution in [0.4, 0.5) is 0 Å². The fourth-order valence-electron chi connectivity index (χ4n) is 5.18. The van der Waals surface area contributed by atoms with Gasteiger partial charge in [0.25, 0.3) is 0 Å². The number of likely N-dealkylation sites (N-methyl/N-ethyl adjacent to an activating group) is 1. The lowest BCUT2D eigenvalue weighted by Crippen LogP contribution is -2.62. The molecule has 23 heavy (non-hydrogen) atoms. The van der Waals surface area contributed by atoms with Gasteiger partial charge in [-0.2, -0.15) is 0 Å². The number of nitrogens with zero attached hydrogens (tertiary/aromatic N) is 1. The number of hydrogen-bond donors (Lipinski definition) is 2. The molecule has 5 rings (SSSR count). The van der Waals surface area contributed by atoms with Crippen molar-refractivity contribution in [3.05, 3.63) is 34.9 Å². The van der Waals surface area contributed by atoms with Crippen molar-refractivity contribution in [3.8, 4) is 11.5 Å². The molecule has 1 fully saturated rings. The zero-order valence-corrected chi connectivity index (χ0v) is 13.5. The molecule has 3 heterocycles. The second-order valence-electron chi connectivity index (χ2n) is 7.85. The number of quaternary nitrogens is 1. The summed E-state index contributed by atoms with van der Waals surface area (Å²) in [4.78, 5) is 0. The fourth-order valence-corrected chi connectivity index (χ4v) is 5.18. The van der Waals surface area contributed by atoms with Gasteiger partial charge >= 0.3 is 0 Å². The summed E-state index contributed by atoms with van der Waals surface area (Å²) in [6, 6.07) is 4.33. The highest BCUT2D eigenvalue weighted by Gasteiger charge is 2.60. The van der Waals surface area contributed by atoms with Crippen molar-refractivity contribution in [2.75, 3.05) is 20.4 Å². The van der Waals surface area contributed by atoms with Gasteiger partial charge in [-0.15, -0.1) is 0 Å². The van der Waals surface area contributed by atoms with Crippen molar-refractivity contribution >= 4 is 0 Å². The molecule has 3 aliphatic heterocycles. The van der Waals surface area contributed by atoms with Crippen LogP contribution in [0.2, 0.25) is 0 Å². The molecule has 5 nitrogen and oxygen atoms in total. The van der Waals surface area contributed by atoms with Crippen LogP contribution in [-0.4, -0.2) is 52.8 Å². The number of hydrogen-bond acceptors (Lipinski definition) is 4. The smallest absolute Gasteiger partial charge is 0.231 e. The normalized spacial score (nSPS) is 43.0. The first-order chi connectivity index (χ1) is 10.9. The summed E-state index contributed by atoms with van der Waals surface area (Å²) in [6.45, 7) is 3.99. The largest absolute Gasteiger partial charge is 0.454 e. The number of fused-ring (bicyclic) bond motifs is 3. The zero-order chi connectivity index (χ0) is 16.0. The van der Waals surface area contributed by atoms with Crippen LogP contribution in [0, 0.1) is 0 Å². The fraction of sp³-hybridized carbons (Fsp3) is 0.556. The lowest BCUT2D eigenvalue weighted by atomic mass is 9.66. The van der Waals surface area contributed by atoms with Gasteiger partial charge in [-0.05, 0) is 36.3 Å². The monoisotopic (exact) mass is 316 g/mol. The molecule has 1 unspecified atom stereocenters. The molecule has 1 aliphatic carbocycles. The van der Waals surface area contributed by atoms with E-state index in [1.807, 2.05) is 12.1 Å². The van der Waals surface area contributed by atoms with E-state index in [2.05, 4.69) is 13.1 Å². The predicted molar refractivity (Wildman–Crippen MR) is 83.2 cm³/mol. The number of rotatable bonds is 0. The third kappa shape index (κ3) is 1.62. The summed E-state index contributed by atoms with van der Waals surface area (Å²) in [5.41, 5.74) is 2.42. The molecule has 0 spiro atoms. The van der Waals surface area contributed by atoms with Crippen LogP contribution in [0.1, 0.15) is 30.4 Å². The zero-order valence-electron chi connectivity index (χ0n) is 13.5. The van der Waals surface area contributed by atoms with Crippen molar-refractivity contribution in [2.24, 2.45) is 0 Å². The molecule has 2 N–H and O–H groups in total. The standard InChI is InChI=1S/C18H22NO4/c1-18(21)15(20)6-10-3-4-19(2)8-11-5-13-14(23-9-22-13)7-12(11)16(18)17(10)19/h5-7,15-17,20-21H,3-4,8-9H2,1-2H3/q+1/t15-,16-,17+,18-,19?/m0/s1. The van der Waals surface area contributed by atoms with E-state index in [9.17, 15) is 10.2 Å². The number of benzene rings is 1. The van der Waals surface area contributed by atoms with Crippen LogP contribution in [0.15, 0.2) is 23.8 Å². The second-order valence-corrected chi connectivity index (χ2v) is 7.85. The van der Waals surface area contributed by atoms with Crippen molar-refractivity contribution in [2.45, 2.75) is 43.6 Å². The molecule has 0 saturated carbocycles. The van der Waals surface area contributed by atoms with Crippen LogP contribution in [0.5, 0.6) is 11.5 Å². The molecule has 0 radical (unpaired) electrons. The van der Waals surface area contributed by atoms with Crippen molar-refractivity contribution < 1.29 is 24.2 Å². The van der Waals surface area contributed by atoms with Gasteiger partial charge in [0.1, 0.15) is 24.3 Å². The lowest BCUT2D eigenvalue weighted by molar-refractivity contribution is -0.936. The Balaban J connectivity index is 1.77. The molecule has 4 aliphatic rings. The first kappa shape index (κ1) is 13.8. The minimum Gasteiger partial charge on any atom is -0.454 e. The van der Waals surface area contributed by atoms with Gasteiger partial charge in [0.2, 0.25) is 6.79 Å². The molecule has 5 atom stereocenters. The minimum absolute atomic E-state index is 0.122. The predicted octanol–water partition coefficient (Wildman–Crippen LogP) is 1.28. The van der Waals surface area contributed by atoms with E-state index in [-0.39, 0.29) is 18.8 Å². The number of ether oxygens (including phenoxy) is 2. The third-order valence-electron chi connectivity index (χ3n) is 6.38. The quantitative estimate of drug-likeness (QED) is 0.559. The maximum absolute atomic E-state index is 11.1. The van der Waals surface area contributed by atoms with E-state index in [0.717, 1.165) is 41.1 Å². The van der Waals surface area contributed by atoms with E-state index >= 15 is 0 Å².